The number of hydrogen-bond acceptors (Lipinski definition) is 4. The molecular weight excluding hydrogens is 310 g/mol. The van der Waals surface area contributed by atoms with Crippen molar-refractivity contribution >= 4 is 17.7 Å². The Morgan fingerprint density at radius 2 is 2.00 bits per heavy atom. The van der Waals surface area contributed by atoms with Crippen LogP contribution >= 0.6 is 11.8 Å². The first-order valence-electron chi connectivity index (χ1n) is 8.23. The molecule has 0 radical (unpaired) electrons. The van der Waals surface area contributed by atoms with Crippen molar-refractivity contribution < 1.29 is 14.3 Å². The van der Waals surface area contributed by atoms with Gasteiger partial charge < -0.3 is 14.4 Å². The second-order valence-corrected chi connectivity index (χ2v) is 8.08. The molecule has 124 valence electrons. The molecule has 23 heavy (non-hydrogen) atoms. The molecule has 2 aliphatic heterocycles. The Hall–Kier alpha value is -1.04. The summed E-state index contributed by atoms with van der Waals surface area (Å²) < 4.78 is 12.4. The van der Waals surface area contributed by atoms with Crippen LogP contribution in [0.4, 0.5) is 0 Å². The van der Waals surface area contributed by atoms with E-state index < -0.39 is 5.79 Å². The third kappa shape index (κ3) is 2.49. The van der Waals surface area contributed by atoms with Crippen LogP contribution in [0.1, 0.15) is 36.2 Å². The molecule has 4 rings (SSSR count). The second kappa shape index (κ2) is 5.50. The fraction of sp³-hybridized carbons (Fsp3) is 0.611. The van der Waals surface area contributed by atoms with Gasteiger partial charge in [-0.25, -0.2) is 0 Å². The number of ether oxygens (including phenoxy) is 2. The summed E-state index contributed by atoms with van der Waals surface area (Å²) in [6, 6.07) is 8.03. The molecule has 0 aromatic heterocycles. The number of rotatable bonds is 3. The summed E-state index contributed by atoms with van der Waals surface area (Å²) in [7, 11) is 0. The second-order valence-electron chi connectivity index (χ2n) is 7.17. The largest absolute Gasteiger partial charge is 0.344 e. The maximum atomic E-state index is 12.8. The van der Waals surface area contributed by atoms with Crippen LogP contribution in [0.2, 0.25) is 0 Å². The Labute approximate surface area is 141 Å². The maximum Gasteiger partial charge on any atom is 0.254 e. The zero-order valence-corrected chi connectivity index (χ0v) is 14.6. The lowest BCUT2D eigenvalue weighted by atomic mass is 10.1. The highest BCUT2D eigenvalue weighted by atomic mass is 32.2. The van der Waals surface area contributed by atoms with Gasteiger partial charge in [0.1, 0.15) is 6.10 Å². The average Bonchev–Trinajstić information content (AvgIpc) is 3.11. The Morgan fingerprint density at radius 3 is 2.74 bits per heavy atom. The van der Waals surface area contributed by atoms with Gasteiger partial charge in [-0.15, -0.1) is 0 Å². The van der Waals surface area contributed by atoms with Gasteiger partial charge in [0.25, 0.3) is 5.91 Å². The number of benzene rings is 1. The summed E-state index contributed by atoms with van der Waals surface area (Å²) >= 11 is 1.84. The molecule has 0 bridgehead atoms. The molecule has 2 heterocycles. The Kier molecular flexibility index (Phi) is 3.70. The van der Waals surface area contributed by atoms with E-state index in [2.05, 4.69) is 12.3 Å². The van der Waals surface area contributed by atoms with Crippen molar-refractivity contribution in [2.24, 2.45) is 5.92 Å². The number of hydrogen-bond donors (Lipinski definition) is 0. The molecular formula is C18H23NO3S. The summed E-state index contributed by atoms with van der Waals surface area (Å²) in [5.41, 5.74) is 1.97. The molecule has 5 heteroatoms. The van der Waals surface area contributed by atoms with Crippen molar-refractivity contribution in [2.45, 2.75) is 50.8 Å². The van der Waals surface area contributed by atoms with Crippen LogP contribution in [0.25, 0.3) is 0 Å². The first kappa shape index (κ1) is 15.5. The normalized spacial score (nSPS) is 34.7. The van der Waals surface area contributed by atoms with Crippen LogP contribution < -0.4 is 0 Å². The van der Waals surface area contributed by atoms with E-state index in [4.69, 9.17) is 9.47 Å². The zero-order valence-electron chi connectivity index (χ0n) is 13.8. The summed E-state index contributed by atoms with van der Waals surface area (Å²) in [4.78, 5) is 14.8. The minimum absolute atomic E-state index is 0.0135. The average molecular weight is 333 g/mol. The molecule has 2 fully saturated rings. The number of amides is 1. The summed E-state index contributed by atoms with van der Waals surface area (Å²) in [6.07, 6.45) is 3.17. The van der Waals surface area contributed by atoms with Crippen molar-refractivity contribution in [1.29, 1.82) is 0 Å². The van der Waals surface area contributed by atoms with E-state index in [9.17, 15) is 4.79 Å². The molecule has 1 saturated heterocycles. The number of carbonyl (C=O) groups is 1. The van der Waals surface area contributed by atoms with Crippen molar-refractivity contribution in [3.63, 3.8) is 0 Å². The standard InChI is InChI=1S/C18H23NO3S/c1-18(2)21-15-12(10-23-3)8-14(16(15)22-18)19-9-11-6-4-5-7-13(11)17(19)20/h4-7,12,14-16H,8-10H2,1-3H3. The van der Waals surface area contributed by atoms with Gasteiger partial charge in [-0.3, -0.25) is 4.79 Å². The highest BCUT2D eigenvalue weighted by Gasteiger charge is 2.56. The van der Waals surface area contributed by atoms with Gasteiger partial charge in [-0.1, -0.05) is 18.2 Å². The van der Waals surface area contributed by atoms with Gasteiger partial charge in [-0.2, -0.15) is 11.8 Å². The number of fused-ring (bicyclic) bond motifs is 2. The van der Waals surface area contributed by atoms with Crippen LogP contribution in [0.5, 0.6) is 0 Å². The lowest BCUT2D eigenvalue weighted by Gasteiger charge is -2.29. The summed E-state index contributed by atoms with van der Waals surface area (Å²) in [5, 5.41) is 0. The van der Waals surface area contributed by atoms with Crippen LogP contribution in [-0.2, 0) is 16.0 Å². The molecule has 1 aromatic carbocycles. The van der Waals surface area contributed by atoms with Crippen LogP contribution in [0.3, 0.4) is 0 Å². The fourth-order valence-electron chi connectivity index (χ4n) is 4.28. The number of carbonyl (C=O) groups excluding carboxylic acids is 1. The Bertz CT molecular complexity index is 632. The molecule has 1 aliphatic carbocycles. The highest BCUT2D eigenvalue weighted by Crippen LogP contribution is 2.45. The van der Waals surface area contributed by atoms with E-state index in [1.54, 1.807) is 0 Å². The minimum Gasteiger partial charge on any atom is -0.344 e. The molecule has 4 nitrogen and oxygen atoms in total. The first-order chi connectivity index (χ1) is 11.0. The molecule has 3 aliphatic rings. The van der Waals surface area contributed by atoms with E-state index in [1.165, 1.54) is 0 Å². The van der Waals surface area contributed by atoms with Crippen molar-refractivity contribution in [3.05, 3.63) is 35.4 Å². The van der Waals surface area contributed by atoms with E-state index in [0.29, 0.717) is 12.5 Å². The highest BCUT2D eigenvalue weighted by molar-refractivity contribution is 7.98. The van der Waals surface area contributed by atoms with Gasteiger partial charge in [0.05, 0.1) is 12.1 Å². The van der Waals surface area contributed by atoms with Gasteiger partial charge in [-0.05, 0) is 49.8 Å². The molecule has 4 atom stereocenters. The summed E-state index contributed by atoms with van der Waals surface area (Å²) in [6.45, 7) is 4.64. The first-order valence-corrected chi connectivity index (χ1v) is 9.63. The van der Waals surface area contributed by atoms with Gasteiger partial charge in [0.15, 0.2) is 5.79 Å². The summed E-state index contributed by atoms with van der Waals surface area (Å²) in [5.74, 6) is 1.08. The third-order valence-electron chi connectivity index (χ3n) is 5.18. The monoisotopic (exact) mass is 333 g/mol. The smallest absolute Gasteiger partial charge is 0.254 e. The Morgan fingerprint density at radius 1 is 1.26 bits per heavy atom. The van der Waals surface area contributed by atoms with Gasteiger partial charge in [0.2, 0.25) is 0 Å². The van der Waals surface area contributed by atoms with E-state index >= 15 is 0 Å². The van der Waals surface area contributed by atoms with Crippen LogP contribution in [0, 0.1) is 5.92 Å². The zero-order chi connectivity index (χ0) is 16.2. The van der Waals surface area contributed by atoms with E-state index in [1.807, 2.05) is 48.7 Å². The van der Waals surface area contributed by atoms with Crippen LogP contribution in [-0.4, -0.2) is 46.9 Å². The molecule has 1 amide bonds. The lowest BCUT2D eigenvalue weighted by molar-refractivity contribution is -0.160. The Balaban J connectivity index is 1.61. The molecule has 0 N–H and O–H groups in total. The third-order valence-corrected chi connectivity index (χ3v) is 5.94. The SMILES string of the molecule is CSCC1CC(N2Cc3ccccc3C2=O)C2OC(C)(C)OC12. The number of nitrogens with zero attached hydrogens (tertiary/aromatic N) is 1. The van der Waals surface area contributed by atoms with E-state index in [-0.39, 0.29) is 24.2 Å². The molecule has 4 unspecified atom stereocenters. The lowest BCUT2D eigenvalue weighted by Crippen LogP contribution is -2.43. The maximum absolute atomic E-state index is 12.8. The van der Waals surface area contributed by atoms with E-state index in [0.717, 1.165) is 23.3 Å². The minimum atomic E-state index is -0.555. The molecule has 1 saturated carbocycles. The molecule has 0 spiro atoms. The van der Waals surface area contributed by atoms with Gasteiger partial charge >= 0.3 is 0 Å². The van der Waals surface area contributed by atoms with Crippen molar-refractivity contribution in [3.8, 4) is 0 Å². The van der Waals surface area contributed by atoms with Crippen molar-refractivity contribution in [1.82, 2.24) is 4.90 Å². The van der Waals surface area contributed by atoms with Crippen LogP contribution in [0.15, 0.2) is 24.3 Å². The van der Waals surface area contributed by atoms with Gasteiger partial charge in [0, 0.05) is 12.1 Å². The molecule has 1 aromatic rings. The topological polar surface area (TPSA) is 38.8 Å². The quantitative estimate of drug-likeness (QED) is 0.852. The predicted molar refractivity (Wildman–Crippen MR) is 90.4 cm³/mol. The fourth-order valence-corrected chi connectivity index (χ4v) is 5.04. The predicted octanol–water partition coefficient (Wildman–Crippen LogP) is 2.91. The van der Waals surface area contributed by atoms with Crippen molar-refractivity contribution in [2.75, 3.05) is 12.0 Å². The number of thioether (sulfide) groups is 1.